The van der Waals surface area contributed by atoms with Gasteiger partial charge in [-0.15, -0.1) is 0 Å². The van der Waals surface area contributed by atoms with E-state index in [9.17, 15) is 24.5 Å². The standard InChI is InChI=1S/C11H14N4O6/c1-14-5-6(15(20)21)4-8(14)10(17)13-7(11(18)19)2-3-9(12)16/h4-5,7H,2-3H2,1H3,(H2,12,16)(H,13,17)(H,18,19). The first kappa shape index (κ1) is 16.1. The SMILES string of the molecule is Cn1cc([N+](=O)[O-])cc1C(=O)NC(CCC(N)=O)C(=O)O. The summed E-state index contributed by atoms with van der Waals surface area (Å²) in [6, 6.07) is -0.276. The lowest BCUT2D eigenvalue weighted by atomic mass is 10.1. The number of carboxylic acid groups (broad SMARTS) is 1. The Morgan fingerprint density at radius 2 is 2.14 bits per heavy atom. The van der Waals surface area contributed by atoms with E-state index in [1.165, 1.54) is 11.6 Å². The van der Waals surface area contributed by atoms with Crippen molar-refractivity contribution >= 4 is 23.5 Å². The minimum absolute atomic E-state index is 0.0629. The molecule has 0 aliphatic heterocycles. The number of carbonyl (C=O) groups is 3. The number of nitrogens with one attached hydrogen (secondary N) is 1. The van der Waals surface area contributed by atoms with Crippen LogP contribution in [0.15, 0.2) is 12.3 Å². The van der Waals surface area contributed by atoms with Crippen LogP contribution in [0.2, 0.25) is 0 Å². The summed E-state index contributed by atoms with van der Waals surface area (Å²) in [7, 11) is 1.42. The predicted molar refractivity (Wildman–Crippen MR) is 69.4 cm³/mol. The number of hydrogen-bond acceptors (Lipinski definition) is 5. The zero-order valence-corrected chi connectivity index (χ0v) is 11.1. The molecular weight excluding hydrogens is 284 g/mol. The average Bonchev–Trinajstić information content (AvgIpc) is 2.76. The fourth-order valence-corrected chi connectivity index (χ4v) is 1.65. The minimum Gasteiger partial charge on any atom is -0.480 e. The molecule has 0 spiro atoms. The van der Waals surface area contributed by atoms with Crippen molar-refractivity contribution in [2.75, 3.05) is 0 Å². The number of carboxylic acids is 1. The van der Waals surface area contributed by atoms with Crippen LogP contribution in [0.5, 0.6) is 0 Å². The number of aliphatic carboxylic acids is 1. The number of aromatic nitrogens is 1. The molecule has 2 amide bonds. The fourth-order valence-electron chi connectivity index (χ4n) is 1.65. The predicted octanol–water partition coefficient (Wildman–Crippen LogP) is -0.618. The molecule has 0 aromatic carbocycles. The van der Waals surface area contributed by atoms with Gasteiger partial charge in [-0.25, -0.2) is 4.79 Å². The number of hydrogen-bond donors (Lipinski definition) is 3. The third-order valence-electron chi connectivity index (χ3n) is 2.72. The second kappa shape index (κ2) is 6.50. The number of nitrogens with two attached hydrogens (primary N) is 1. The van der Waals surface area contributed by atoms with Crippen molar-refractivity contribution in [1.82, 2.24) is 9.88 Å². The van der Waals surface area contributed by atoms with E-state index >= 15 is 0 Å². The van der Waals surface area contributed by atoms with E-state index in [4.69, 9.17) is 10.8 Å². The first-order chi connectivity index (χ1) is 9.72. The number of nitro groups is 1. The maximum absolute atomic E-state index is 11.9. The smallest absolute Gasteiger partial charge is 0.326 e. The second-order valence-corrected chi connectivity index (χ2v) is 4.32. The van der Waals surface area contributed by atoms with Gasteiger partial charge in [-0.3, -0.25) is 19.7 Å². The molecule has 0 saturated carbocycles. The molecule has 1 aromatic heterocycles. The lowest BCUT2D eigenvalue weighted by molar-refractivity contribution is -0.384. The summed E-state index contributed by atoms with van der Waals surface area (Å²) in [4.78, 5) is 43.5. The van der Waals surface area contributed by atoms with Gasteiger partial charge in [-0.05, 0) is 6.42 Å². The normalized spacial score (nSPS) is 11.7. The van der Waals surface area contributed by atoms with Crippen LogP contribution in [0.25, 0.3) is 0 Å². The van der Waals surface area contributed by atoms with Gasteiger partial charge >= 0.3 is 5.97 Å². The number of nitrogens with zero attached hydrogens (tertiary/aromatic N) is 2. The molecular formula is C11H14N4O6. The van der Waals surface area contributed by atoms with E-state index < -0.39 is 28.7 Å². The van der Waals surface area contributed by atoms with Gasteiger partial charge in [0.05, 0.1) is 11.1 Å². The van der Waals surface area contributed by atoms with E-state index in [0.29, 0.717) is 0 Å². The molecule has 1 unspecified atom stereocenters. The highest BCUT2D eigenvalue weighted by Crippen LogP contribution is 2.15. The van der Waals surface area contributed by atoms with Gasteiger partial charge in [-0.1, -0.05) is 0 Å². The van der Waals surface area contributed by atoms with Gasteiger partial charge in [0, 0.05) is 19.5 Å². The van der Waals surface area contributed by atoms with Gasteiger partial charge < -0.3 is 20.7 Å². The highest BCUT2D eigenvalue weighted by atomic mass is 16.6. The Morgan fingerprint density at radius 1 is 1.52 bits per heavy atom. The summed E-state index contributed by atoms with van der Waals surface area (Å²) < 4.78 is 1.21. The summed E-state index contributed by atoms with van der Waals surface area (Å²) in [5, 5.41) is 21.8. The van der Waals surface area contributed by atoms with E-state index in [1.54, 1.807) is 0 Å². The Labute approximate surface area is 118 Å². The molecule has 1 aromatic rings. The molecule has 10 heteroatoms. The van der Waals surface area contributed by atoms with Crippen molar-refractivity contribution in [3.63, 3.8) is 0 Å². The van der Waals surface area contributed by atoms with Crippen LogP contribution in [0.1, 0.15) is 23.3 Å². The lowest BCUT2D eigenvalue weighted by Gasteiger charge is -2.13. The fraction of sp³-hybridized carbons (Fsp3) is 0.364. The summed E-state index contributed by atoms with van der Waals surface area (Å²) >= 11 is 0. The third kappa shape index (κ3) is 4.30. The Kier molecular flexibility index (Phi) is 5.00. The molecule has 4 N–H and O–H groups in total. The van der Waals surface area contributed by atoms with Crippen LogP contribution in [-0.4, -0.2) is 38.4 Å². The molecule has 10 nitrogen and oxygen atoms in total. The van der Waals surface area contributed by atoms with Crippen molar-refractivity contribution < 1.29 is 24.4 Å². The quantitative estimate of drug-likeness (QED) is 0.449. The monoisotopic (exact) mass is 298 g/mol. The molecule has 114 valence electrons. The van der Waals surface area contributed by atoms with Crippen LogP contribution < -0.4 is 11.1 Å². The van der Waals surface area contributed by atoms with Gasteiger partial charge in [0.2, 0.25) is 5.91 Å². The highest BCUT2D eigenvalue weighted by Gasteiger charge is 2.24. The van der Waals surface area contributed by atoms with Crippen LogP contribution in [0, 0.1) is 10.1 Å². The molecule has 1 atom stereocenters. The number of aryl methyl sites for hydroxylation is 1. The number of primary amides is 1. The van der Waals surface area contributed by atoms with Crippen molar-refractivity contribution in [3.8, 4) is 0 Å². The summed E-state index contributed by atoms with van der Waals surface area (Å²) in [6.07, 6.45) is 0.765. The number of carbonyl (C=O) groups excluding carboxylic acids is 2. The van der Waals surface area contributed by atoms with E-state index in [0.717, 1.165) is 12.3 Å². The Balaban J connectivity index is 2.84. The van der Waals surface area contributed by atoms with E-state index in [1.807, 2.05) is 0 Å². The highest BCUT2D eigenvalue weighted by molar-refractivity contribution is 5.96. The maximum Gasteiger partial charge on any atom is 0.326 e. The van der Waals surface area contributed by atoms with Crippen LogP contribution in [0.3, 0.4) is 0 Å². The van der Waals surface area contributed by atoms with Crippen LogP contribution >= 0.6 is 0 Å². The summed E-state index contributed by atoms with van der Waals surface area (Å²) in [5.41, 5.74) is 4.57. The Bertz CT molecular complexity index is 594. The van der Waals surface area contributed by atoms with Crippen molar-refractivity contribution in [3.05, 3.63) is 28.1 Å². The number of amides is 2. The zero-order chi connectivity index (χ0) is 16.2. The molecule has 0 radical (unpaired) electrons. The van der Waals surface area contributed by atoms with Crippen LogP contribution in [0.4, 0.5) is 5.69 Å². The molecule has 0 aliphatic rings. The molecule has 0 saturated heterocycles. The molecule has 0 aliphatic carbocycles. The first-order valence-electron chi connectivity index (χ1n) is 5.85. The van der Waals surface area contributed by atoms with Gasteiger partial charge in [0.25, 0.3) is 11.6 Å². The average molecular weight is 298 g/mol. The zero-order valence-electron chi connectivity index (χ0n) is 11.1. The van der Waals surface area contributed by atoms with Gasteiger partial charge in [0.15, 0.2) is 0 Å². The van der Waals surface area contributed by atoms with Crippen molar-refractivity contribution in [1.29, 1.82) is 0 Å². The molecule has 21 heavy (non-hydrogen) atoms. The molecule has 0 fully saturated rings. The Morgan fingerprint density at radius 3 is 2.57 bits per heavy atom. The lowest BCUT2D eigenvalue weighted by Crippen LogP contribution is -2.41. The molecule has 0 bridgehead atoms. The van der Waals surface area contributed by atoms with Crippen molar-refractivity contribution in [2.24, 2.45) is 12.8 Å². The largest absolute Gasteiger partial charge is 0.480 e. The first-order valence-corrected chi connectivity index (χ1v) is 5.85. The number of rotatable bonds is 7. The van der Waals surface area contributed by atoms with Gasteiger partial charge in [-0.2, -0.15) is 0 Å². The topological polar surface area (TPSA) is 158 Å². The summed E-state index contributed by atoms with van der Waals surface area (Å²) in [6.45, 7) is 0. The maximum atomic E-state index is 11.9. The minimum atomic E-state index is -1.33. The Hall–Kier alpha value is -2.91. The molecule has 1 rings (SSSR count). The second-order valence-electron chi connectivity index (χ2n) is 4.32. The van der Waals surface area contributed by atoms with Crippen molar-refractivity contribution in [2.45, 2.75) is 18.9 Å². The summed E-state index contributed by atoms with van der Waals surface area (Å²) in [5.74, 6) is -2.80. The molecule has 1 heterocycles. The van der Waals surface area contributed by atoms with E-state index in [2.05, 4.69) is 5.32 Å². The van der Waals surface area contributed by atoms with Crippen LogP contribution in [-0.2, 0) is 16.6 Å². The van der Waals surface area contributed by atoms with E-state index in [-0.39, 0.29) is 24.2 Å². The third-order valence-corrected chi connectivity index (χ3v) is 2.72. The van der Waals surface area contributed by atoms with Gasteiger partial charge in [0.1, 0.15) is 11.7 Å².